The van der Waals surface area contributed by atoms with Crippen molar-refractivity contribution in [3.05, 3.63) is 25.3 Å². The molecule has 4 radical (unpaired) electrons. The number of hydrogen-bond donors (Lipinski definition) is 0. The van der Waals surface area contributed by atoms with Crippen LogP contribution in [0.15, 0.2) is 0 Å². The van der Waals surface area contributed by atoms with Crippen molar-refractivity contribution in [2.45, 2.75) is 35.1 Å². The van der Waals surface area contributed by atoms with Gasteiger partial charge < -0.3 is 25.3 Å². The van der Waals surface area contributed by atoms with Crippen LogP contribution in [0.1, 0.15) is 35.1 Å². The van der Waals surface area contributed by atoms with Crippen LogP contribution in [-0.2, 0) is 21.1 Å². The number of rotatable bonds is 4. The van der Waals surface area contributed by atoms with E-state index in [0.29, 0.717) is 0 Å². The second kappa shape index (κ2) is 111. The van der Waals surface area contributed by atoms with Crippen LogP contribution in [-0.4, -0.2) is 28.6 Å². The van der Waals surface area contributed by atoms with Gasteiger partial charge in [-0.05, 0) is 0 Å². The van der Waals surface area contributed by atoms with Gasteiger partial charge in [0.15, 0.2) is 0 Å². The summed E-state index contributed by atoms with van der Waals surface area (Å²) in [5.74, 6) is 0. The summed E-state index contributed by atoms with van der Waals surface area (Å²) in [4.78, 5) is 0. The third-order valence-corrected chi connectivity index (χ3v) is 0.799. The average molecular weight is 405 g/mol. The molecule has 0 fully saturated rings. The molecule has 0 aliphatic rings. The summed E-state index contributed by atoms with van der Waals surface area (Å²) >= 11 is 0. The average Bonchev–Trinajstić information content (AvgIpc) is 2.13. The van der Waals surface area contributed by atoms with Gasteiger partial charge in [0.1, 0.15) is 0 Å². The number of nitrogens with zero attached hydrogens (tertiary/aromatic N) is 1. The molecule has 98 valence electrons. The zero-order valence-electron chi connectivity index (χ0n) is 9.35. The van der Waals surface area contributed by atoms with E-state index in [4.69, 9.17) is 0 Å². The maximum Gasteiger partial charge on any atom is 4.00 e. The van der Waals surface area contributed by atoms with Gasteiger partial charge in [0.05, 0.1) is 0 Å². The van der Waals surface area contributed by atoms with E-state index in [1.54, 1.807) is 0 Å². The summed E-state index contributed by atoms with van der Waals surface area (Å²) in [6.07, 6.45) is 11.3. The van der Waals surface area contributed by atoms with Crippen LogP contribution in [0, 0.1) is 26.7 Å². The molecule has 0 amide bonds. The van der Waals surface area contributed by atoms with E-state index < -0.39 is 0 Å². The van der Waals surface area contributed by atoms with Gasteiger partial charge >= 0.3 is 21.1 Å². The Bertz CT molecular complexity index is 61.2. The first-order valence-corrected chi connectivity index (χ1v) is 3.49. The first kappa shape index (κ1) is 55.4. The first-order chi connectivity index (χ1) is 5.41. The second-order valence-electron chi connectivity index (χ2n) is 1.46. The summed E-state index contributed by atoms with van der Waals surface area (Å²) in [5, 5.41) is 4.13. The molecule has 0 saturated heterocycles. The minimum absolute atomic E-state index is 0. The molecule has 0 spiro atoms. The number of nitrogens with two attached hydrogens (primary N) is 1. The van der Waals surface area contributed by atoms with Crippen molar-refractivity contribution in [3.8, 4) is 12.8 Å². The van der Waals surface area contributed by atoms with Crippen LogP contribution < -0.4 is 0 Å². The Labute approximate surface area is 123 Å². The molecule has 0 rings (SSSR count). The maximum absolute atomic E-state index is 4.13. The molecule has 16 heavy (non-hydrogen) atoms. The van der Waals surface area contributed by atoms with Crippen LogP contribution in [0.25, 0.3) is 11.5 Å². The quantitative estimate of drug-likeness (QED) is 0.295. The van der Waals surface area contributed by atoms with Crippen LogP contribution in [0.4, 0.5) is 0 Å². The van der Waals surface area contributed by atoms with E-state index in [1.807, 2.05) is 0 Å². The summed E-state index contributed by atoms with van der Waals surface area (Å²) in [6.45, 7) is 6.10. The zero-order chi connectivity index (χ0) is 9.54. The van der Waals surface area contributed by atoms with Crippen LogP contribution in [0.3, 0.4) is 0 Å². The molecule has 0 bridgehead atoms. The third kappa shape index (κ3) is 137. The van der Waals surface area contributed by atoms with Gasteiger partial charge in [-0.2, -0.15) is 26.4 Å². The van der Waals surface area contributed by atoms with E-state index >= 15 is 0 Å². The second-order valence-corrected chi connectivity index (χ2v) is 1.46. The van der Waals surface area contributed by atoms with Gasteiger partial charge in [-0.1, -0.05) is 21.8 Å². The van der Waals surface area contributed by atoms with Crippen molar-refractivity contribution in [3.63, 3.8) is 0 Å². The molecule has 0 unspecified atom stereocenters. The fraction of sp³-hybridized carbons (Fsp3) is 0.636. The molecular weight excluding hydrogens is 377 g/mol. The Hall–Kier alpha value is 0.298. The minimum atomic E-state index is 0. The molecule has 0 aliphatic carbocycles. The molecule has 0 atom stereocenters. The van der Waals surface area contributed by atoms with Crippen molar-refractivity contribution in [2.75, 3.05) is 13.1 Å². The molecular formula is C11H28B2N2Pt. The zero-order valence-corrected chi connectivity index (χ0v) is 11.6. The molecule has 0 saturated carbocycles. The van der Waals surface area contributed by atoms with Gasteiger partial charge in [-0.15, -0.1) is 12.8 Å². The van der Waals surface area contributed by atoms with Gasteiger partial charge in [0, 0.05) is 15.5 Å². The summed E-state index contributed by atoms with van der Waals surface area (Å²) in [5.41, 5.74) is 0. The van der Waals surface area contributed by atoms with E-state index in [1.165, 1.54) is 0 Å². The SMILES string of the molecule is C.C.C#C.C[CH-]CC[N-]CC.[B][B].[CH3-].[NH2-].[Pt+4]. The minimum Gasteiger partial charge on any atom is -0.693 e. The molecule has 0 aromatic rings. The van der Waals surface area contributed by atoms with Crippen LogP contribution in [0.2, 0.25) is 0 Å². The molecule has 0 aliphatic heterocycles. The van der Waals surface area contributed by atoms with Gasteiger partial charge in [-0.25, -0.2) is 0 Å². The Morgan fingerprint density at radius 1 is 1.19 bits per heavy atom. The first-order valence-electron chi connectivity index (χ1n) is 3.49. The monoisotopic (exact) mass is 405 g/mol. The number of terminal acetylenes is 1. The summed E-state index contributed by atoms with van der Waals surface area (Å²) < 4.78 is 0. The Morgan fingerprint density at radius 3 is 1.69 bits per heavy atom. The fourth-order valence-corrected chi connectivity index (χ4v) is 0.379. The van der Waals surface area contributed by atoms with Gasteiger partial charge in [-0.3, -0.25) is 0 Å². The smallest absolute Gasteiger partial charge is 0.693 e. The molecule has 0 aromatic heterocycles. The topological polar surface area (TPSA) is 47.6 Å². The molecule has 0 aromatic carbocycles. The Balaban J connectivity index is -0.0000000108. The predicted octanol–water partition coefficient (Wildman–Crippen LogP) is 3.92. The van der Waals surface area contributed by atoms with Gasteiger partial charge in [0.2, 0.25) is 0 Å². The predicted molar refractivity (Wildman–Crippen MR) is 79.9 cm³/mol. The fourth-order valence-electron chi connectivity index (χ4n) is 0.379. The van der Waals surface area contributed by atoms with E-state index in [9.17, 15) is 0 Å². The van der Waals surface area contributed by atoms with Crippen molar-refractivity contribution in [1.82, 2.24) is 0 Å². The standard InChI is InChI=1S/C6H13N.C2H2.2CH4.CH3.B2.H2N.Pt/c1-3-5-6-7-4-2;1-2;;;;1-2;;/h3H,4-6H2,1-2H3;1-2H;2*1H4;1H3;;1H2;/q-2;;;;-1;;-1;+4. The molecule has 0 heterocycles. The van der Waals surface area contributed by atoms with Crippen molar-refractivity contribution in [2.24, 2.45) is 0 Å². The van der Waals surface area contributed by atoms with Gasteiger partial charge in [0.25, 0.3) is 0 Å². The molecule has 2 N–H and O–H groups in total. The van der Waals surface area contributed by atoms with Crippen LogP contribution >= 0.6 is 0 Å². The summed E-state index contributed by atoms with van der Waals surface area (Å²) in [7, 11) is 8.00. The Kier molecular flexibility index (Phi) is 386. The van der Waals surface area contributed by atoms with Crippen LogP contribution in [0.5, 0.6) is 0 Å². The largest absolute Gasteiger partial charge is 4.00 e. The normalized spacial score (nSPS) is 4.50. The third-order valence-electron chi connectivity index (χ3n) is 0.799. The van der Waals surface area contributed by atoms with E-state index in [2.05, 4.69) is 53.9 Å². The van der Waals surface area contributed by atoms with Crippen molar-refractivity contribution >= 4 is 15.5 Å². The van der Waals surface area contributed by atoms with E-state index in [0.717, 1.165) is 19.5 Å². The number of hydrogen-bond acceptors (Lipinski definition) is 0. The van der Waals surface area contributed by atoms with E-state index in [-0.39, 0.29) is 49.5 Å². The number of unbranched alkanes of at least 4 members (excludes halogenated alkanes) is 1. The molecule has 2 nitrogen and oxygen atoms in total. The molecule has 5 heteroatoms. The summed E-state index contributed by atoms with van der Waals surface area (Å²) in [6, 6.07) is 0. The van der Waals surface area contributed by atoms with Crippen molar-refractivity contribution in [1.29, 1.82) is 0 Å². The Morgan fingerprint density at radius 2 is 1.50 bits per heavy atom. The maximum atomic E-state index is 4.13. The van der Waals surface area contributed by atoms with Crippen molar-refractivity contribution < 1.29 is 21.1 Å².